The molecule has 0 bridgehead atoms. The fraction of sp³-hybridized carbons (Fsp3) is 0.480. The first-order chi connectivity index (χ1) is 13.2. The summed E-state index contributed by atoms with van der Waals surface area (Å²) in [5.41, 5.74) is 6.23. The zero-order valence-corrected chi connectivity index (χ0v) is 18.1. The predicted molar refractivity (Wildman–Crippen MR) is 117 cm³/mol. The van der Waals surface area contributed by atoms with Crippen LogP contribution < -0.4 is 0 Å². The molecular formula is C25H34N2O. The van der Waals surface area contributed by atoms with E-state index < -0.39 is 0 Å². The quantitative estimate of drug-likeness (QED) is 0.754. The second-order valence-electron chi connectivity index (χ2n) is 9.17. The van der Waals surface area contributed by atoms with Gasteiger partial charge in [-0.1, -0.05) is 51.1 Å². The summed E-state index contributed by atoms with van der Waals surface area (Å²) >= 11 is 0. The molecular weight excluding hydrogens is 344 g/mol. The Bertz CT molecular complexity index is 817. The standard InChI is InChI=1S/C25H34N2O/c1-19-7-8-21(17-20(19)2)18-26-13-6-14-27(16-15-26)24(28)22-9-11-23(12-10-22)25(3,4)5/h7-12,17H,6,13-16,18H2,1-5H3. The molecule has 1 aliphatic rings. The van der Waals surface area contributed by atoms with Gasteiger partial charge in [-0.05, 0) is 60.1 Å². The highest BCUT2D eigenvalue weighted by Gasteiger charge is 2.21. The second-order valence-corrected chi connectivity index (χ2v) is 9.17. The highest BCUT2D eigenvalue weighted by Crippen LogP contribution is 2.23. The van der Waals surface area contributed by atoms with E-state index in [-0.39, 0.29) is 11.3 Å². The van der Waals surface area contributed by atoms with Gasteiger partial charge < -0.3 is 4.90 Å². The smallest absolute Gasteiger partial charge is 0.253 e. The maximum Gasteiger partial charge on any atom is 0.253 e. The van der Waals surface area contributed by atoms with Gasteiger partial charge in [-0.25, -0.2) is 0 Å². The van der Waals surface area contributed by atoms with Crippen LogP contribution >= 0.6 is 0 Å². The highest BCUT2D eigenvalue weighted by molar-refractivity contribution is 5.94. The minimum atomic E-state index is 0.110. The molecule has 1 heterocycles. The second kappa shape index (κ2) is 8.48. The van der Waals surface area contributed by atoms with Crippen molar-refractivity contribution < 1.29 is 4.79 Å². The molecule has 2 aromatic carbocycles. The van der Waals surface area contributed by atoms with E-state index in [2.05, 4.69) is 69.9 Å². The van der Waals surface area contributed by atoms with Gasteiger partial charge in [-0.15, -0.1) is 0 Å². The van der Waals surface area contributed by atoms with Crippen LogP contribution in [0.2, 0.25) is 0 Å². The molecule has 28 heavy (non-hydrogen) atoms. The molecule has 0 saturated carbocycles. The Kier molecular flexibility index (Phi) is 6.24. The lowest BCUT2D eigenvalue weighted by Crippen LogP contribution is -2.35. The van der Waals surface area contributed by atoms with Crippen molar-refractivity contribution in [3.05, 3.63) is 70.3 Å². The van der Waals surface area contributed by atoms with E-state index >= 15 is 0 Å². The molecule has 3 nitrogen and oxygen atoms in total. The Morgan fingerprint density at radius 1 is 0.893 bits per heavy atom. The summed E-state index contributed by atoms with van der Waals surface area (Å²) in [6, 6.07) is 14.9. The number of rotatable bonds is 3. The predicted octanol–water partition coefficient (Wildman–Crippen LogP) is 4.95. The fourth-order valence-corrected chi connectivity index (χ4v) is 3.79. The van der Waals surface area contributed by atoms with Crippen LogP contribution in [0.5, 0.6) is 0 Å². The summed E-state index contributed by atoms with van der Waals surface area (Å²) in [7, 11) is 0. The Balaban J connectivity index is 1.61. The first-order valence-electron chi connectivity index (χ1n) is 10.4. The van der Waals surface area contributed by atoms with Crippen molar-refractivity contribution in [2.45, 2.75) is 53.0 Å². The van der Waals surface area contributed by atoms with Gasteiger partial charge in [0.2, 0.25) is 0 Å². The van der Waals surface area contributed by atoms with Gasteiger partial charge in [-0.2, -0.15) is 0 Å². The molecule has 3 rings (SSSR count). The summed E-state index contributed by atoms with van der Waals surface area (Å²) in [5, 5.41) is 0. The topological polar surface area (TPSA) is 23.6 Å². The molecule has 0 N–H and O–H groups in total. The largest absolute Gasteiger partial charge is 0.337 e. The van der Waals surface area contributed by atoms with Gasteiger partial charge >= 0.3 is 0 Å². The number of benzene rings is 2. The Hall–Kier alpha value is -2.13. The minimum absolute atomic E-state index is 0.110. The molecule has 2 aromatic rings. The number of hydrogen-bond donors (Lipinski definition) is 0. The van der Waals surface area contributed by atoms with Crippen LogP contribution in [0.15, 0.2) is 42.5 Å². The van der Waals surface area contributed by atoms with Crippen LogP contribution in [0.3, 0.4) is 0 Å². The van der Waals surface area contributed by atoms with Gasteiger partial charge in [0.25, 0.3) is 5.91 Å². The molecule has 1 saturated heterocycles. The number of aryl methyl sites for hydroxylation is 2. The molecule has 3 heteroatoms. The van der Waals surface area contributed by atoms with E-state index in [1.165, 1.54) is 22.3 Å². The van der Waals surface area contributed by atoms with E-state index in [0.29, 0.717) is 0 Å². The van der Waals surface area contributed by atoms with Crippen molar-refractivity contribution in [2.24, 2.45) is 0 Å². The molecule has 0 aromatic heterocycles. The van der Waals surface area contributed by atoms with Crippen molar-refractivity contribution >= 4 is 5.91 Å². The molecule has 1 amide bonds. The van der Waals surface area contributed by atoms with Crippen molar-refractivity contribution in [3.8, 4) is 0 Å². The molecule has 150 valence electrons. The maximum absolute atomic E-state index is 13.0. The van der Waals surface area contributed by atoms with Crippen LogP contribution in [0, 0.1) is 13.8 Å². The van der Waals surface area contributed by atoms with Crippen LogP contribution in [0.25, 0.3) is 0 Å². The maximum atomic E-state index is 13.0. The number of carbonyl (C=O) groups excluding carboxylic acids is 1. The molecule has 0 spiro atoms. The van der Waals surface area contributed by atoms with Crippen molar-refractivity contribution in [3.63, 3.8) is 0 Å². The average molecular weight is 379 g/mol. The molecule has 0 unspecified atom stereocenters. The SMILES string of the molecule is Cc1ccc(CN2CCCN(C(=O)c3ccc(C(C)(C)C)cc3)CC2)cc1C. The zero-order chi connectivity index (χ0) is 20.3. The fourth-order valence-electron chi connectivity index (χ4n) is 3.79. The Labute approximate surface area is 170 Å². The summed E-state index contributed by atoms with van der Waals surface area (Å²) in [5.74, 6) is 0.161. The van der Waals surface area contributed by atoms with Crippen molar-refractivity contribution in [1.82, 2.24) is 9.80 Å². The molecule has 0 atom stereocenters. The van der Waals surface area contributed by atoms with E-state index in [4.69, 9.17) is 0 Å². The third kappa shape index (κ3) is 5.02. The van der Waals surface area contributed by atoms with E-state index in [9.17, 15) is 4.79 Å². The molecule has 1 fully saturated rings. The van der Waals surface area contributed by atoms with Crippen LogP contribution in [0.1, 0.15) is 59.8 Å². The number of hydrogen-bond acceptors (Lipinski definition) is 2. The van der Waals surface area contributed by atoms with Gasteiger partial charge in [0.15, 0.2) is 0 Å². The number of nitrogens with zero attached hydrogens (tertiary/aromatic N) is 2. The summed E-state index contributed by atoms with van der Waals surface area (Å²) in [6.45, 7) is 15.5. The van der Waals surface area contributed by atoms with Gasteiger partial charge in [0.1, 0.15) is 0 Å². The third-order valence-corrected chi connectivity index (χ3v) is 5.85. The molecule has 0 aliphatic carbocycles. The lowest BCUT2D eigenvalue weighted by atomic mass is 9.86. The number of amides is 1. The third-order valence-electron chi connectivity index (χ3n) is 5.85. The highest BCUT2D eigenvalue weighted by atomic mass is 16.2. The Morgan fingerprint density at radius 3 is 2.25 bits per heavy atom. The van der Waals surface area contributed by atoms with Gasteiger partial charge in [0, 0.05) is 38.3 Å². The first-order valence-corrected chi connectivity index (χ1v) is 10.4. The van der Waals surface area contributed by atoms with Gasteiger partial charge in [0.05, 0.1) is 0 Å². The van der Waals surface area contributed by atoms with Crippen LogP contribution in [-0.2, 0) is 12.0 Å². The summed E-state index contributed by atoms with van der Waals surface area (Å²) in [4.78, 5) is 17.5. The summed E-state index contributed by atoms with van der Waals surface area (Å²) < 4.78 is 0. The van der Waals surface area contributed by atoms with Gasteiger partial charge in [-0.3, -0.25) is 9.69 Å². The van der Waals surface area contributed by atoms with Crippen molar-refractivity contribution in [2.75, 3.05) is 26.2 Å². The van der Waals surface area contributed by atoms with E-state index in [1.807, 2.05) is 17.0 Å². The summed E-state index contributed by atoms with van der Waals surface area (Å²) in [6.07, 6.45) is 1.02. The lowest BCUT2D eigenvalue weighted by Gasteiger charge is -2.23. The van der Waals surface area contributed by atoms with Crippen LogP contribution in [0.4, 0.5) is 0 Å². The van der Waals surface area contributed by atoms with Crippen molar-refractivity contribution in [1.29, 1.82) is 0 Å². The lowest BCUT2D eigenvalue weighted by molar-refractivity contribution is 0.0761. The Morgan fingerprint density at radius 2 is 1.61 bits per heavy atom. The zero-order valence-electron chi connectivity index (χ0n) is 18.1. The number of carbonyl (C=O) groups is 1. The first kappa shape index (κ1) is 20.6. The average Bonchev–Trinajstić information content (AvgIpc) is 2.89. The molecule has 1 aliphatic heterocycles. The van der Waals surface area contributed by atoms with E-state index in [0.717, 1.165) is 44.7 Å². The molecule has 0 radical (unpaired) electrons. The van der Waals surface area contributed by atoms with E-state index in [1.54, 1.807) is 0 Å². The normalized spacial score (nSPS) is 16.1. The monoisotopic (exact) mass is 378 g/mol. The van der Waals surface area contributed by atoms with Crippen LogP contribution in [-0.4, -0.2) is 41.9 Å². The minimum Gasteiger partial charge on any atom is -0.337 e.